The quantitative estimate of drug-likeness (QED) is 0.864. The molecule has 2 N–H and O–H groups in total. The third-order valence-electron chi connectivity index (χ3n) is 5.64. The smallest absolute Gasteiger partial charge is 0.138 e. The number of aromatic hydroxyl groups is 1. The molecule has 2 aromatic rings. The number of aromatic nitrogens is 1. The number of aliphatic hydroxyl groups excluding tert-OH is 1. The Bertz CT molecular complexity index is 735. The van der Waals surface area contributed by atoms with Crippen molar-refractivity contribution in [3.05, 3.63) is 53.9 Å². The van der Waals surface area contributed by atoms with Crippen molar-refractivity contribution in [2.24, 2.45) is 11.8 Å². The molecule has 0 spiro atoms. The molecule has 1 aliphatic heterocycles. The first kappa shape index (κ1) is 17.3. The second-order valence-electron chi connectivity index (χ2n) is 7.76. The monoisotopic (exact) mass is 354 g/mol. The van der Waals surface area contributed by atoms with Crippen LogP contribution in [0.25, 0.3) is 0 Å². The van der Waals surface area contributed by atoms with E-state index in [4.69, 9.17) is 4.74 Å². The second-order valence-corrected chi connectivity index (χ2v) is 7.76. The lowest BCUT2D eigenvalue weighted by molar-refractivity contribution is 0.116. The molecule has 2 heterocycles. The number of ether oxygens (including phenoxy) is 1. The first-order chi connectivity index (χ1) is 12.6. The highest BCUT2D eigenvalue weighted by molar-refractivity contribution is 5.27. The number of fused-ring (bicyclic) bond motifs is 1. The van der Waals surface area contributed by atoms with E-state index in [2.05, 4.69) is 9.88 Å². The number of aryl methyl sites for hydroxylation is 1. The topological polar surface area (TPSA) is 65.8 Å². The lowest BCUT2D eigenvalue weighted by Gasteiger charge is -2.22. The Morgan fingerprint density at radius 3 is 2.50 bits per heavy atom. The van der Waals surface area contributed by atoms with Crippen molar-refractivity contribution in [2.45, 2.75) is 32.0 Å². The summed E-state index contributed by atoms with van der Waals surface area (Å²) < 4.78 is 6.14. The normalized spacial score (nSPS) is 26.6. The number of aliphatic hydroxyl groups is 1. The van der Waals surface area contributed by atoms with Crippen molar-refractivity contribution in [3.63, 3.8) is 0 Å². The van der Waals surface area contributed by atoms with Crippen LogP contribution in [0.5, 0.6) is 11.5 Å². The van der Waals surface area contributed by atoms with Crippen LogP contribution >= 0.6 is 0 Å². The van der Waals surface area contributed by atoms with E-state index in [0.29, 0.717) is 18.4 Å². The van der Waals surface area contributed by atoms with E-state index < -0.39 is 6.10 Å². The van der Waals surface area contributed by atoms with Gasteiger partial charge in [-0.05, 0) is 60.9 Å². The van der Waals surface area contributed by atoms with Crippen LogP contribution in [0.2, 0.25) is 0 Å². The second kappa shape index (κ2) is 7.25. The Morgan fingerprint density at radius 2 is 1.85 bits per heavy atom. The molecule has 1 saturated heterocycles. The fraction of sp³-hybridized carbons (Fsp3) is 0.476. The molecule has 2 fully saturated rings. The van der Waals surface area contributed by atoms with Crippen LogP contribution in [-0.2, 0) is 0 Å². The van der Waals surface area contributed by atoms with Crippen molar-refractivity contribution in [1.29, 1.82) is 0 Å². The van der Waals surface area contributed by atoms with Crippen molar-refractivity contribution < 1.29 is 14.9 Å². The van der Waals surface area contributed by atoms with Gasteiger partial charge in [-0.3, -0.25) is 9.88 Å². The average molecular weight is 354 g/mol. The van der Waals surface area contributed by atoms with Crippen molar-refractivity contribution in [3.8, 4) is 11.5 Å². The van der Waals surface area contributed by atoms with Crippen LogP contribution in [0.15, 0.2) is 42.7 Å². The highest BCUT2D eigenvalue weighted by atomic mass is 16.5. The van der Waals surface area contributed by atoms with E-state index >= 15 is 0 Å². The van der Waals surface area contributed by atoms with Crippen LogP contribution in [-0.4, -0.2) is 45.8 Å². The minimum Gasteiger partial charge on any atom is -0.508 e. The Morgan fingerprint density at radius 1 is 1.15 bits per heavy atom. The van der Waals surface area contributed by atoms with Gasteiger partial charge in [0.15, 0.2) is 0 Å². The van der Waals surface area contributed by atoms with Gasteiger partial charge in [0.2, 0.25) is 0 Å². The molecule has 2 unspecified atom stereocenters. The molecule has 0 bridgehead atoms. The van der Waals surface area contributed by atoms with Gasteiger partial charge in [0.1, 0.15) is 11.5 Å². The lowest BCUT2D eigenvalue weighted by Crippen LogP contribution is -2.28. The maximum absolute atomic E-state index is 10.5. The van der Waals surface area contributed by atoms with Crippen molar-refractivity contribution >= 4 is 0 Å². The van der Waals surface area contributed by atoms with E-state index in [9.17, 15) is 10.2 Å². The summed E-state index contributed by atoms with van der Waals surface area (Å²) in [7, 11) is 0. The predicted octanol–water partition coefficient (Wildman–Crippen LogP) is 2.92. The standard InChI is InChI=1S/C21H26N2O3/c1-14-6-20(10-22-9-14)26-19-7-16-11-23(12-17(16)8-19)13-21(25)15-2-4-18(24)5-3-15/h2-6,9-10,16-17,19,21,24-25H,7-8,11-13H2,1H3/t16-,17+,19?,21?. The molecule has 1 aliphatic carbocycles. The number of nitrogens with zero attached hydrogens (tertiary/aromatic N) is 2. The molecule has 138 valence electrons. The van der Waals surface area contributed by atoms with Crippen LogP contribution in [0, 0.1) is 18.8 Å². The fourth-order valence-corrected chi connectivity index (χ4v) is 4.42. The summed E-state index contributed by atoms with van der Waals surface area (Å²) in [6, 6.07) is 8.87. The van der Waals surface area contributed by atoms with E-state index in [1.165, 1.54) is 0 Å². The summed E-state index contributed by atoms with van der Waals surface area (Å²) >= 11 is 0. The Hall–Kier alpha value is -2.11. The highest BCUT2D eigenvalue weighted by Gasteiger charge is 2.42. The van der Waals surface area contributed by atoms with Crippen molar-refractivity contribution in [1.82, 2.24) is 9.88 Å². The van der Waals surface area contributed by atoms with Gasteiger partial charge in [0.25, 0.3) is 0 Å². The average Bonchev–Trinajstić information content (AvgIpc) is 3.13. The van der Waals surface area contributed by atoms with E-state index in [-0.39, 0.29) is 11.9 Å². The molecule has 0 amide bonds. The minimum absolute atomic E-state index is 0.228. The molecular formula is C21H26N2O3. The van der Waals surface area contributed by atoms with Gasteiger partial charge in [0, 0.05) is 25.8 Å². The number of phenols is 1. The third-order valence-corrected chi connectivity index (χ3v) is 5.64. The molecule has 5 heteroatoms. The molecular weight excluding hydrogens is 328 g/mol. The molecule has 1 aromatic heterocycles. The number of pyridine rings is 1. The SMILES string of the molecule is Cc1cncc(OC2C[C@@H]3CN(CC(O)c4ccc(O)cc4)C[C@@H]3C2)c1. The van der Waals surface area contributed by atoms with E-state index in [0.717, 1.165) is 42.8 Å². The third kappa shape index (κ3) is 3.84. The number of phenolic OH excluding ortho intramolecular Hbond substituents is 1. The number of rotatable bonds is 5. The number of likely N-dealkylation sites (tertiary alicyclic amines) is 1. The Balaban J connectivity index is 1.28. The maximum atomic E-state index is 10.5. The zero-order chi connectivity index (χ0) is 18.1. The summed E-state index contributed by atoms with van der Waals surface area (Å²) in [4.78, 5) is 6.56. The van der Waals surface area contributed by atoms with Crippen LogP contribution in [0.4, 0.5) is 0 Å². The van der Waals surface area contributed by atoms with Gasteiger partial charge < -0.3 is 14.9 Å². The van der Waals surface area contributed by atoms with Gasteiger partial charge in [-0.2, -0.15) is 0 Å². The summed E-state index contributed by atoms with van der Waals surface area (Å²) in [5, 5.41) is 19.8. The van der Waals surface area contributed by atoms with Gasteiger partial charge >= 0.3 is 0 Å². The van der Waals surface area contributed by atoms with E-state index in [1.54, 1.807) is 30.5 Å². The van der Waals surface area contributed by atoms with Crippen LogP contribution in [0.1, 0.15) is 30.1 Å². The highest BCUT2D eigenvalue weighted by Crippen LogP contribution is 2.40. The van der Waals surface area contributed by atoms with Gasteiger partial charge in [-0.1, -0.05) is 12.1 Å². The number of hydrogen-bond acceptors (Lipinski definition) is 5. The number of hydrogen-bond donors (Lipinski definition) is 2. The van der Waals surface area contributed by atoms with Crippen LogP contribution < -0.4 is 4.74 Å². The first-order valence-electron chi connectivity index (χ1n) is 9.34. The summed E-state index contributed by atoms with van der Waals surface area (Å²) in [6.07, 6.45) is 5.54. The largest absolute Gasteiger partial charge is 0.508 e. The molecule has 1 saturated carbocycles. The molecule has 4 rings (SSSR count). The molecule has 26 heavy (non-hydrogen) atoms. The Kier molecular flexibility index (Phi) is 4.83. The summed E-state index contributed by atoms with van der Waals surface area (Å²) in [5.74, 6) is 2.38. The van der Waals surface area contributed by atoms with Crippen LogP contribution in [0.3, 0.4) is 0 Å². The predicted molar refractivity (Wildman–Crippen MR) is 99.1 cm³/mol. The van der Waals surface area contributed by atoms with Crippen molar-refractivity contribution in [2.75, 3.05) is 19.6 Å². The zero-order valence-electron chi connectivity index (χ0n) is 15.1. The molecule has 5 nitrogen and oxygen atoms in total. The van der Waals surface area contributed by atoms with Gasteiger partial charge in [0.05, 0.1) is 18.4 Å². The minimum atomic E-state index is -0.514. The fourth-order valence-electron chi connectivity index (χ4n) is 4.42. The molecule has 2 aliphatic rings. The Labute approximate surface area is 154 Å². The lowest BCUT2D eigenvalue weighted by atomic mass is 10.0. The maximum Gasteiger partial charge on any atom is 0.138 e. The number of benzene rings is 1. The summed E-state index contributed by atoms with van der Waals surface area (Å²) in [6.45, 7) is 4.71. The van der Waals surface area contributed by atoms with Gasteiger partial charge in [-0.25, -0.2) is 0 Å². The molecule has 4 atom stereocenters. The summed E-state index contributed by atoms with van der Waals surface area (Å²) in [5.41, 5.74) is 1.98. The van der Waals surface area contributed by atoms with Gasteiger partial charge in [-0.15, -0.1) is 0 Å². The van der Waals surface area contributed by atoms with E-state index in [1.807, 2.05) is 19.2 Å². The number of β-amino-alcohol motifs (C(OH)–C–C–N with tert-alkyl or cyclic N) is 1. The molecule has 0 radical (unpaired) electrons. The first-order valence-corrected chi connectivity index (χ1v) is 9.34. The molecule has 1 aromatic carbocycles. The zero-order valence-corrected chi connectivity index (χ0v) is 15.1.